The summed E-state index contributed by atoms with van der Waals surface area (Å²) in [7, 11) is 0. The van der Waals surface area contributed by atoms with E-state index in [0.29, 0.717) is 21.8 Å². The molecule has 1 aromatic heterocycles. The zero-order valence-corrected chi connectivity index (χ0v) is 22.2. The van der Waals surface area contributed by atoms with E-state index in [-0.39, 0.29) is 17.6 Å². The molecule has 0 aliphatic carbocycles. The van der Waals surface area contributed by atoms with Gasteiger partial charge in [0.2, 0.25) is 5.91 Å². The maximum atomic E-state index is 12.8. The molecule has 0 saturated carbocycles. The van der Waals surface area contributed by atoms with E-state index in [1.165, 1.54) is 23.1 Å². The number of carbonyl (C=O) groups is 2. The van der Waals surface area contributed by atoms with Gasteiger partial charge in [0, 0.05) is 27.1 Å². The summed E-state index contributed by atoms with van der Waals surface area (Å²) in [6, 6.07) is 31.1. The van der Waals surface area contributed by atoms with Gasteiger partial charge in [0.1, 0.15) is 11.1 Å². The SMILES string of the molecule is Cc1ccc(-c2csc(NC(=O)CSc3cccc(NC(=O)c4ccc5ccccc5c4)c3)c2C#N)cc1. The Morgan fingerprint density at radius 1 is 0.895 bits per heavy atom. The number of fused-ring (bicyclic) bond motifs is 1. The minimum atomic E-state index is -0.200. The van der Waals surface area contributed by atoms with Gasteiger partial charge in [-0.05, 0) is 53.6 Å². The summed E-state index contributed by atoms with van der Waals surface area (Å²) in [5, 5.41) is 20.1. The van der Waals surface area contributed by atoms with Gasteiger partial charge in [0.25, 0.3) is 5.91 Å². The van der Waals surface area contributed by atoms with E-state index < -0.39 is 0 Å². The number of hydrogen-bond acceptors (Lipinski definition) is 5. The van der Waals surface area contributed by atoms with Gasteiger partial charge in [-0.1, -0.05) is 66.2 Å². The van der Waals surface area contributed by atoms with Gasteiger partial charge in [0.05, 0.1) is 11.3 Å². The topological polar surface area (TPSA) is 82.0 Å². The molecule has 5 aromatic rings. The molecular formula is C31H23N3O2S2. The van der Waals surface area contributed by atoms with Crippen LogP contribution in [0.4, 0.5) is 10.7 Å². The summed E-state index contributed by atoms with van der Waals surface area (Å²) in [6.07, 6.45) is 0. The Morgan fingerprint density at radius 2 is 1.68 bits per heavy atom. The second-order valence-electron chi connectivity index (χ2n) is 8.71. The van der Waals surface area contributed by atoms with Crippen molar-refractivity contribution in [3.8, 4) is 17.2 Å². The molecule has 0 fully saturated rings. The predicted octanol–water partition coefficient (Wildman–Crippen LogP) is 7.73. The summed E-state index contributed by atoms with van der Waals surface area (Å²) in [5.74, 6) is -0.221. The molecule has 2 amide bonds. The van der Waals surface area contributed by atoms with Crippen LogP contribution in [0, 0.1) is 18.3 Å². The Labute approximate surface area is 229 Å². The second-order valence-corrected chi connectivity index (χ2v) is 10.6. The fourth-order valence-electron chi connectivity index (χ4n) is 4.02. The highest BCUT2D eigenvalue weighted by Gasteiger charge is 2.16. The van der Waals surface area contributed by atoms with Crippen molar-refractivity contribution in [1.82, 2.24) is 0 Å². The molecule has 0 aliphatic heterocycles. The van der Waals surface area contributed by atoms with E-state index in [1.807, 2.05) is 103 Å². The summed E-state index contributed by atoms with van der Waals surface area (Å²) in [5.41, 5.74) is 4.61. The molecule has 5 nitrogen and oxygen atoms in total. The molecule has 7 heteroatoms. The molecule has 38 heavy (non-hydrogen) atoms. The van der Waals surface area contributed by atoms with Gasteiger partial charge in [-0.3, -0.25) is 9.59 Å². The number of benzene rings is 4. The van der Waals surface area contributed by atoms with Crippen LogP contribution in [-0.2, 0) is 4.79 Å². The van der Waals surface area contributed by atoms with Crippen LogP contribution in [0.3, 0.4) is 0 Å². The fourth-order valence-corrected chi connectivity index (χ4v) is 5.71. The number of amides is 2. The molecule has 0 spiro atoms. The number of nitrogens with zero attached hydrogens (tertiary/aromatic N) is 1. The van der Waals surface area contributed by atoms with Crippen LogP contribution >= 0.6 is 23.1 Å². The number of nitriles is 1. The first-order valence-electron chi connectivity index (χ1n) is 11.9. The standard InChI is InChI=1S/C31H23N3O2S2/c1-20-9-11-22(12-10-20)28-18-38-31(27(28)17-32)34-29(35)19-37-26-8-4-7-25(16-26)33-30(36)24-14-13-21-5-2-3-6-23(21)15-24/h2-16,18H,19H2,1H3,(H,33,36)(H,34,35). The lowest BCUT2D eigenvalue weighted by atomic mass is 10.0. The van der Waals surface area contributed by atoms with Crippen molar-refractivity contribution in [1.29, 1.82) is 5.26 Å². The Morgan fingerprint density at radius 3 is 2.47 bits per heavy atom. The molecule has 186 valence electrons. The molecule has 0 atom stereocenters. The largest absolute Gasteiger partial charge is 0.322 e. The Hall–Kier alpha value is -4.38. The van der Waals surface area contributed by atoms with Gasteiger partial charge in [-0.25, -0.2) is 0 Å². The first kappa shape index (κ1) is 25.3. The normalized spacial score (nSPS) is 10.6. The number of rotatable bonds is 7. The van der Waals surface area contributed by atoms with Crippen molar-refractivity contribution in [3.05, 3.63) is 113 Å². The average Bonchev–Trinajstić information content (AvgIpc) is 3.34. The third-order valence-corrected chi connectivity index (χ3v) is 7.88. The summed E-state index contributed by atoms with van der Waals surface area (Å²) >= 11 is 2.71. The quantitative estimate of drug-likeness (QED) is 0.210. The number of nitrogens with one attached hydrogen (secondary N) is 2. The highest BCUT2D eigenvalue weighted by molar-refractivity contribution is 8.00. The van der Waals surface area contributed by atoms with Gasteiger partial charge >= 0.3 is 0 Å². The minimum Gasteiger partial charge on any atom is -0.322 e. The molecule has 1 heterocycles. The van der Waals surface area contributed by atoms with Crippen LogP contribution in [0.2, 0.25) is 0 Å². The van der Waals surface area contributed by atoms with Crippen LogP contribution in [0.5, 0.6) is 0 Å². The number of anilines is 2. The Kier molecular flexibility index (Phi) is 7.55. The zero-order valence-electron chi connectivity index (χ0n) is 20.5. The van der Waals surface area contributed by atoms with Gasteiger partial charge < -0.3 is 10.6 Å². The monoisotopic (exact) mass is 533 g/mol. The van der Waals surface area contributed by atoms with Gasteiger partial charge in [-0.15, -0.1) is 23.1 Å². The van der Waals surface area contributed by atoms with E-state index >= 15 is 0 Å². The number of aryl methyl sites for hydroxylation is 1. The van der Waals surface area contributed by atoms with E-state index in [1.54, 1.807) is 0 Å². The molecule has 0 bridgehead atoms. The lowest BCUT2D eigenvalue weighted by Crippen LogP contribution is -2.14. The number of thioether (sulfide) groups is 1. The number of hydrogen-bond donors (Lipinski definition) is 2. The Bertz CT molecular complexity index is 1680. The number of carbonyl (C=O) groups excluding carboxylic acids is 2. The molecule has 0 aliphatic rings. The molecule has 0 radical (unpaired) electrons. The second kappa shape index (κ2) is 11.3. The first-order chi connectivity index (χ1) is 18.5. The van der Waals surface area contributed by atoms with Crippen molar-refractivity contribution < 1.29 is 9.59 Å². The predicted molar refractivity (Wildman–Crippen MR) is 157 cm³/mol. The van der Waals surface area contributed by atoms with Gasteiger partial charge in [-0.2, -0.15) is 5.26 Å². The van der Waals surface area contributed by atoms with Crippen LogP contribution in [-0.4, -0.2) is 17.6 Å². The molecule has 0 saturated heterocycles. The summed E-state index contributed by atoms with van der Waals surface area (Å²) in [4.78, 5) is 26.4. The van der Waals surface area contributed by atoms with Crippen LogP contribution in [0.25, 0.3) is 21.9 Å². The molecular weight excluding hydrogens is 510 g/mol. The summed E-state index contributed by atoms with van der Waals surface area (Å²) in [6.45, 7) is 2.01. The fraction of sp³-hybridized carbons (Fsp3) is 0.0645. The van der Waals surface area contributed by atoms with Gasteiger partial charge in [0.15, 0.2) is 0 Å². The molecule has 0 unspecified atom stereocenters. The average molecular weight is 534 g/mol. The third-order valence-electron chi connectivity index (χ3n) is 5.99. The van der Waals surface area contributed by atoms with Crippen LogP contribution < -0.4 is 10.6 Å². The minimum absolute atomic E-state index is 0.171. The third kappa shape index (κ3) is 5.78. The van der Waals surface area contributed by atoms with E-state index in [4.69, 9.17) is 0 Å². The smallest absolute Gasteiger partial charge is 0.255 e. The molecule has 4 aromatic carbocycles. The Balaban J connectivity index is 1.21. The molecule has 5 rings (SSSR count). The first-order valence-corrected chi connectivity index (χ1v) is 13.8. The van der Waals surface area contributed by atoms with E-state index in [2.05, 4.69) is 16.7 Å². The lowest BCUT2D eigenvalue weighted by Gasteiger charge is -2.09. The van der Waals surface area contributed by atoms with Crippen molar-refractivity contribution in [3.63, 3.8) is 0 Å². The highest BCUT2D eigenvalue weighted by Crippen LogP contribution is 2.35. The van der Waals surface area contributed by atoms with E-state index in [9.17, 15) is 14.9 Å². The lowest BCUT2D eigenvalue weighted by molar-refractivity contribution is -0.113. The summed E-state index contributed by atoms with van der Waals surface area (Å²) < 4.78 is 0. The van der Waals surface area contributed by atoms with Crippen LogP contribution in [0.1, 0.15) is 21.5 Å². The molecule has 2 N–H and O–H groups in total. The number of thiophene rings is 1. The van der Waals surface area contributed by atoms with Crippen LogP contribution in [0.15, 0.2) is 101 Å². The zero-order chi connectivity index (χ0) is 26.5. The van der Waals surface area contributed by atoms with Crippen molar-refractivity contribution in [2.45, 2.75) is 11.8 Å². The maximum absolute atomic E-state index is 12.8. The maximum Gasteiger partial charge on any atom is 0.255 e. The van der Waals surface area contributed by atoms with E-state index in [0.717, 1.165) is 32.4 Å². The van der Waals surface area contributed by atoms with Crippen molar-refractivity contribution >= 4 is 56.4 Å². The van der Waals surface area contributed by atoms with Crippen molar-refractivity contribution in [2.75, 3.05) is 16.4 Å². The van der Waals surface area contributed by atoms with Crippen molar-refractivity contribution in [2.24, 2.45) is 0 Å². The highest BCUT2D eigenvalue weighted by atomic mass is 32.2.